The molecule has 52 heavy (non-hydrogen) atoms. The largest absolute Gasteiger partial charge is 0.319 e. The van der Waals surface area contributed by atoms with E-state index in [-0.39, 0.29) is 0 Å². The Hall–Kier alpha value is -6.15. The van der Waals surface area contributed by atoms with E-state index in [4.69, 9.17) is 9.97 Å². The van der Waals surface area contributed by atoms with Gasteiger partial charge in [-0.2, -0.15) is 0 Å². The molecule has 0 aliphatic heterocycles. The molecule has 1 heterocycles. The molecule has 0 amide bonds. The van der Waals surface area contributed by atoms with Crippen LogP contribution in [-0.4, -0.2) is 23.3 Å². The summed E-state index contributed by atoms with van der Waals surface area (Å²) in [6.45, 7) is 3.63. The summed E-state index contributed by atoms with van der Waals surface area (Å²) in [6.07, 6.45) is 0. The van der Waals surface area contributed by atoms with Crippen molar-refractivity contribution in [2.24, 2.45) is 0 Å². The second-order valence-corrected chi connectivity index (χ2v) is 17.0. The molecule has 0 atom stereocenters. The van der Waals surface area contributed by atoms with Gasteiger partial charge in [0.05, 0.1) is 11.4 Å². The van der Waals surface area contributed by atoms with Gasteiger partial charge in [0.1, 0.15) is 7.14 Å². The van der Waals surface area contributed by atoms with Crippen LogP contribution >= 0.6 is 7.14 Å². The van der Waals surface area contributed by atoms with Crippen LogP contribution in [0.25, 0.3) is 88.5 Å². The first-order valence-corrected chi connectivity index (χ1v) is 20.1. The number of rotatable bonds is 6. The lowest BCUT2D eigenvalue weighted by Crippen LogP contribution is -2.02. The maximum Gasteiger partial charge on any atom is 0.160 e. The van der Waals surface area contributed by atoms with Crippen LogP contribution in [0.4, 0.5) is 0 Å². The van der Waals surface area contributed by atoms with Gasteiger partial charge in [0.15, 0.2) is 5.82 Å². The third-order valence-electron chi connectivity index (χ3n) is 9.96. The van der Waals surface area contributed by atoms with Crippen molar-refractivity contribution in [3.05, 3.63) is 176 Å². The Balaban J connectivity index is 1.17. The molecule has 1 aromatic heterocycles. The normalized spacial score (nSPS) is 11.7. The Kier molecular flexibility index (Phi) is 7.87. The van der Waals surface area contributed by atoms with Crippen molar-refractivity contribution in [1.29, 1.82) is 0 Å². The van der Waals surface area contributed by atoms with Crippen molar-refractivity contribution >= 4 is 44.8 Å². The lowest BCUT2D eigenvalue weighted by Gasteiger charge is -2.15. The minimum absolute atomic E-state index is 0.675. The van der Waals surface area contributed by atoms with E-state index in [0.717, 1.165) is 50.1 Å². The number of nitrogens with zero attached hydrogens (tertiary/aromatic N) is 2. The zero-order valence-electron chi connectivity index (χ0n) is 29.0. The van der Waals surface area contributed by atoms with Gasteiger partial charge in [-0.1, -0.05) is 152 Å². The van der Waals surface area contributed by atoms with E-state index in [2.05, 4.69) is 140 Å². The molecular formula is C48H35N2OP. The summed E-state index contributed by atoms with van der Waals surface area (Å²) in [5, 5.41) is 8.35. The van der Waals surface area contributed by atoms with Crippen LogP contribution < -0.4 is 5.30 Å². The van der Waals surface area contributed by atoms with Crippen molar-refractivity contribution in [3.63, 3.8) is 0 Å². The average Bonchev–Trinajstić information content (AvgIpc) is 3.20. The molecule has 0 radical (unpaired) electrons. The molecule has 0 saturated carbocycles. The monoisotopic (exact) mass is 686 g/mol. The van der Waals surface area contributed by atoms with Gasteiger partial charge in [0.2, 0.25) is 0 Å². The highest BCUT2D eigenvalue weighted by atomic mass is 31.2. The van der Waals surface area contributed by atoms with Gasteiger partial charge in [0.25, 0.3) is 0 Å². The number of hydrogen-bond donors (Lipinski definition) is 0. The summed E-state index contributed by atoms with van der Waals surface area (Å²) in [6, 6.07) is 61.6. The van der Waals surface area contributed by atoms with Crippen LogP contribution in [0.5, 0.6) is 0 Å². The van der Waals surface area contributed by atoms with Crippen molar-refractivity contribution in [2.45, 2.75) is 0 Å². The molecule has 9 aromatic rings. The average molecular weight is 687 g/mol. The topological polar surface area (TPSA) is 42.9 Å². The molecule has 248 valence electrons. The van der Waals surface area contributed by atoms with Crippen molar-refractivity contribution in [3.8, 4) is 56.2 Å². The van der Waals surface area contributed by atoms with Crippen LogP contribution in [0, 0.1) is 0 Å². The number of fused-ring (bicyclic) bond motifs is 4. The third-order valence-corrected chi connectivity index (χ3v) is 11.5. The molecule has 0 spiro atoms. The van der Waals surface area contributed by atoms with E-state index in [0.29, 0.717) is 5.82 Å². The van der Waals surface area contributed by atoms with Gasteiger partial charge in [-0.05, 0) is 92.2 Å². The SMILES string of the molecule is CP(C)(=O)c1cccc(-c2cccc(-c3cc(-c4ccc(-c5c6ccccc6cc6c5ccc5ccccc56)cc4)nc(-c4ccccc4)n3)c2)c1. The van der Waals surface area contributed by atoms with Gasteiger partial charge in [-0.3, -0.25) is 0 Å². The fraction of sp³-hybridized carbons (Fsp3) is 0.0417. The zero-order valence-corrected chi connectivity index (χ0v) is 29.9. The number of aromatic nitrogens is 2. The molecule has 0 bridgehead atoms. The lowest BCUT2D eigenvalue weighted by atomic mass is 9.89. The molecule has 0 aliphatic carbocycles. The van der Waals surface area contributed by atoms with E-state index >= 15 is 0 Å². The van der Waals surface area contributed by atoms with E-state index in [9.17, 15) is 4.57 Å². The first-order valence-electron chi connectivity index (χ1n) is 17.5. The van der Waals surface area contributed by atoms with Gasteiger partial charge >= 0.3 is 0 Å². The predicted octanol–water partition coefficient (Wildman–Crippen LogP) is 12.5. The van der Waals surface area contributed by atoms with Crippen molar-refractivity contribution < 1.29 is 4.57 Å². The Bertz CT molecular complexity index is 2840. The van der Waals surface area contributed by atoms with Crippen LogP contribution in [0.15, 0.2) is 176 Å². The molecule has 0 unspecified atom stereocenters. The summed E-state index contributed by atoms with van der Waals surface area (Å²) >= 11 is 0. The van der Waals surface area contributed by atoms with Crippen molar-refractivity contribution in [2.75, 3.05) is 13.3 Å². The molecular weight excluding hydrogens is 652 g/mol. The van der Waals surface area contributed by atoms with E-state index < -0.39 is 7.14 Å². The number of hydrogen-bond acceptors (Lipinski definition) is 3. The van der Waals surface area contributed by atoms with Crippen LogP contribution in [-0.2, 0) is 4.57 Å². The molecule has 4 heteroatoms. The van der Waals surface area contributed by atoms with Gasteiger partial charge in [-0.15, -0.1) is 0 Å². The Labute approximate surface area is 303 Å². The second kappa shape index (κ2) is 12.9. The lowest BCUT2D eigenvalue weighted by molar-refractivity contribution is 0.588. The summed E-state index contributed by atoms with van der Waals surface area (Å²) in [5.41, 5.74) is 9.15. The Morgan fingerprint density at radius 1 is 0.385 bits per heavy atom. The van der Waals surface area contributed by atoms with Gasteiger partial charge in [-0.25, -0.2) is 9.97 Å². The fourth-order valence-corrected chi connectivity index (χ4v) is 8.17. The van der Waals surface area contributed by atoms with Crippen LogP contribution in [0.2, 0.25) is 0 Å². The minimum atomic E-state index is -2.40. The van der Waals surface area contributed by atoms with E-state index in [1.54, 1.807) is 0 Å². The fourth-order valence-electron chi connectivity index (χ4n) is 7.28. The molecule has 9 rings (SSSR count). The highest BCUT2D eigenvalue weighted by Crippen LogP contribution is 2.40. The first kappa shape index (κ1) is 31.8. The molecule has 0 aliphatic rings. The quantitative estimate of drug-likeness (QED) is 0.0993. The Morgan fingerprint density at radius 3 is 1.75 bits per heavy atom. The highest BCUT2D eigenvalue weighted by molar-refractivity contribution is 7.70. The molecule has 8 aromatic carbocycles. The molecule has 0 fully saturated rings. The third kappa shape index (κ3) is 5.90. The second-order valence-electron chi connectivity index (χ2n) is 13.7. The summed E-state index contributed by atoms with van der Waals surface area (Å²) in [4.78, 5) is 10.2. The summed E-state index contributed by atoms with van der Waals surface area (Å²) in [5.74, 6) is 0.675. The van der Waals surface area contributed by atoms with Crippen LogP contribution in [0.3, 0.4) is 0 Å². The van der Waals surface area contributed by atoms with Gasteiger partial charge < -0.3 is 4.57 Å². The highest BCUT2D eigenvalue weighted by Gasteiger charge is 2.16. The number of benzene rings is 8. The molecule has 0 saturated heterocycles. The minimum Gasteiger partial charge on any atom is -0.319 e. The zero-order chi connectivity index (χ0) is 35.2. The smallest absolute Gasteiger partial charge is 0.160 e. The summed E-state index contributed by atoms with van der Waals surface area (Å²) in [7, 11) is -2.40. The van der Waals surface area contributed by atoms with Gasteiger partial charge in [0, 0.05) is 22.0 Å². The maximum absolute atomic E-state index is 12.9. The van der Waals surface area contributed by atoms with Crippen LogP contribution in [0.1, 0.15) is 0 Å². The Morgan fingerprint density at radius 2 is 0.981 bits per heavy atom. The maximum atomic E-state index is 12.9. The summed E-state index contributed by atoms with van der Waals surface area (Å²) < 4.78 is 12.9. The molecule has 3 nitrogen and oxygen atoms in total. The first-order chi connectivity index (χ1) is 25.4. The predicted molar refractivity (Wildman–Crippen MR) is 221 cm³/mol. The van der Waals surface area contributed by atoms with E-state index in [1.165, 1.54) is 37.9 Å². The van der Waals surface area contributed by atoms with Crippen molar-refractivity contribution in [1.82, 2.24) is 9.97 Å². The standard InChI is InChI=1S/C48H35N2OP/c1-52(2,51)40-19-11-17-37(29-40)36-16-10-18-39(28-36)46-31-45(49-48(50-46)35-13-4-3-5-14-35)33-22-24-34(25-23-33)47-42-21-9-7-15-38(42)30-44-41-20-8-6-12-32(41)26-27-43(44)47/h3-31H,1-2H3. The van der Waals surface area contributed by atoms with E-state index in [1.807, 2.05) is 49.7 Å². The molecule has 0 N–H and O–H groups in total.